The van der Waals surface area contributed by atoms with Gasteiger partial charge in [-0.2, -0.15) is 0 Å². The van der Waals surface area contributed by atoms with Crippen LogP contribution in [0.25, 0.3) is 0 Å². The quantitative estimate of drug-likeness (QED) is 0.676. The summed E-state index contributed by atoms with van der Waals surface area (Å²) in [5, 5.41) is 13.2. The van der Waals surface area contributed by atoms with Gasteiger partial charge in [-0.15, -0.1) is 0 Å². The first kappa shape index (κ1) is 13.6. The van der Waals surface area contributed by atoms with Gasteiger partial charge in [0.2, 0.25) is 0 Å². The lowest BCUT2D eigenvalue weighted by Gasteiger charge is -2.05. The molecule has 0 unspecified atom stereocenters. The number of hydrogen-bond acceptors (Lipinski definition) is 4. The summed E-state index contributed by atoms with van der Waals surface area (Å²) in [6, 6.07) is 6.88. The highest BCUT2D eigenvalue weighted by molar-refractivity contribution is 9.10. The Bertz CT molecular complexity index is 656. The Morgan fingerprint density at radius 3 is 2.68 bits per heavy atom. The molecule has 8 heteroatoms. The van der Waals surface area contributed by atoms with Gasteiger partial charge in [0.1, 0.15) is 0 Å². The third-order valence-electron chi connectivity index (χ3n) is 2.21. The van der Waals surface area contributed by atoms with Crippen molar-refractivity contribution in [1.29, 1.82) is 0 Å². The summed E-state index contributed by atoms with van der Waals surface area (Å²) in [6.07, 6.45) is 0. The number of benzene rings is 1. The van der Waals surface area contributed by atoms with E-state index in [0.717, 1.165) is 0 Å². The fourth-order valence-corrected chi connectivity index (χ4v) is 1.83. The van der Waals surface area contributed by atoms with Crippen molar-refractivity contribution in [2.75, 3.05) is 5.32 Å². The normalized spacial score (nSPS) is 10.2. The van der Waals surface area contributed by atoms with Crippen LogP contribution in [0.5, 0.6) is 0 Å². The number of anilines is 1. The predicted octanol–water partition coefficient (Wildman–Crippen LogP) is 3.86. The lowest BCUT2D eigenvalue weighted by molar-refractivity contribution is -0.384. The fourth-order valence-electron chi connectivity index (χ4n) is 1.34. The molecule has 0 aliphatic carbocycles. The van der Waals surface area contributed by atoms with E-state index in [1.54, 1.807) is 0 Å². The first-order valence-corrected chi connectivity index (χ1v) is 6.15. The Morgan fingerprint density at radius 1 is 1.37 bits per heavy atom. The number of carbonyl (C=O) groups is 1. The van der Waals surface area contributed by atoms with Gasteiger partial charge in [-0.05, 0) is 45.7 Å². The molecule has 0 bridgehead atoms. The van der Waals surface area contributed by atoms with Gasteiger partial charge < -0.3 is 9.73 Å². The highest BCUT2D eigenvalue weighted by atomic mass is 79.9. The van der Waals surface area contributed by atoms with E-state index in [2.05, 4.69) is 21.2 Å². The van der Waals surface area contributed by atoms with Crippen molar-refractivity contribution in [3.05, 3.63) is 55.9 Å². The Hall–Kier alpha value is -1.86. The number of furan rings is 1. The molecule has 0 aliphatic rings. The van der Waals surface area contributed by atoms with Crippen molar-refractivity contribution in [1.82, 2.24) is 0 Å². The zero-order chi connectivity index (χ0) is 14.0. The summed E-state index contributed by atoms with van der Waals surface area (Å²) in [5.41, 5.74) is 0.141. The van der Waals surface area contributed by atoms with Crippen LogP contribution in [0.2, 0.25) is 5.22 Å². The van der Waals surface area contributed by atoms with Crippen molar-refractivity contribution in [2.45, 2.75) is 0 Å². The van der Waals surface area contributed by atoms with Gasteiger partial charge in [0.25, 0.3) is 11.6 Å². The number of non-ortho nitro benzene ring substituents is 1. The van der Waals surface area contributed by atoms with E-state index in [4.69, 9.17) is 16.0 Å². The average Bonchev–Trinajstić information content (AvgIpc) is 2.78. The average molecular weight is 346 g/mol. The molecule has 6 nitrogen and oxygen atoms in total. The molecule has 0 atom stereocenters. The summed E-state index contributed by atoms with van der Waals surface area (Å²) >= 11 is 8.75. The van der Waals surface area contributed by atoms with Gasteiger partial charge in [-0.1, -0.05) is 0 Å². The van der Waals surface area contributed by atoms with Crippen molar-refractivity contribution in [3.8, 4) is 0 Å². The zero-order valence-electron chi connectivity index (χ0n) is 9.22. The molecule has 1 heterocycles. The lowest BCUT2D eigenvalue weighted by Crippen LogP contribution is -2.11. The maximum absolute atomic E-state index is 11.8. The summed E-state index contributed by atoms with van der Waals surface area (Å²) in [4.78, 5) is 21.9. The Balaban J connectivity index is 2.25. The third-order valence-corrected chi connectivity index (χ3v) is 3.10. The number of nitro benzene ring substituents is 1. The predicted molar refractivity (Wildman–Crippen MR) is 72.5 cm³/mol. The first-order chi connectivity index (χ1) is 8.97. The molecule has 1 amide bonds. The molecule has 19 heavy (non-hydrogen) atoms. The second kappa shape index (κ2) is 5.41. The Kier molecular flexibility index (Phi) is 3.87. The molecule has 0 saturated heterocycles. The van der Waals surface area contributed by atoms with Gasteiger partial charge in [0.05, 0.1) is 10.6 Å². The summed E-state index contributed by atoms with van der Waals surface area (Å²) < 4.78 is 5.46. The fraction of sp³-hybridized carbons (Fsp3) is 0. The number of amides is 1. The lowest BCUT2D eigenvalue weighted by atomic mass is 10.2. The molecule has 0 radical (unpaired) electrons. The van der Waals surface area contributed by atoms with Crippen LogP contribution in [-0.2, 0) is 0 Å². The van der Waals surface area contributed by atoms with E-state index >= 15 is 0 Å². The molecule has 0 fully saturated rings. The van der Waals surface area contributed by atoms with Crippen LogP contribution < -0.4 is 5.32 Å². The number of rotatable bonds is 3. The molecule has 0 saturated carbocycles. The van der Waals surface area contributed by atoms with Crippen LogP contribution >= 0.6 is 27.5 Å². The van der Waals surface area contributed by atoms with Crippen LogP contribution in [-0.4, -0.2) is 10.8 Å². The van der Waals surface area contributed by atoms with Crippen molar-refractivity contribution in [2.24, 2.45) is 0 Å². The second-order valence-corrected chi connectivity index (χ2v) is 4.71. The van der Waals surface area contributed by atoms with E-state index in [1.807, 2.05) is 0 Å². The number of nitrogens with one attached hydrogen (secondary N) is 1. The van der Waals surface area contributed by atoms with Crippen LogP contribution in [0.15, 0.2) is 39.2 Å². The van der Waals surface area contributed by atoms with Gasteiger partial charge in [-0.25, -0.2) is 0 Å². The minimum atomic E-state index is -0.550. The summed E-state index contributed by atoms with van der Waals surface area (Å²) in [5.74, 6) is -0.531. The van der Waals surface area contributed by atoms with E-state index in [1.165, 1.54) is 30.3 Å². The highest BCUT2D eigenvalue weighted by Crippen LogP contribution is 2.27. The molecule has 1 N–H and O–H groups in total. The van der Waals surface area contributed by atoms with Gasteiger partial charge in [-0.3, -0.25) is 14.9 Å². The number of halogens is 2. The number of nitrogens with zero attached hydrogens (tertiary/aromatic N) is 1. The second-order valence-electron chi connectivity index (χ2n) is 3.48. The molecule has 98 valence electrons. The molecule has 1 aromatic carbocycles. The smallest absolute Gasteiger partial charge is 0.291 e. The van der Waals surface area contributed by atoms with Gasteiger partial charge in [0.15, 0.2) is 11.0 Å². The zero-order valence-corrected chi connectivity index (χ0v) is 11.6. The monoisotopic (exact) mass is 344 g/mol. The SMILES string of the molecule is O=C(Nc1cc([N+](=O)[O-])ccc1Br)c1ccc(Cl)o1. The van der Waals surface area contributed by atoms with Gasteiger partial charge >= 0.3 is 0 Å². The Labute approximate surface area is 120 Å². The largest absolute Gasteiger partial charge is 0.440 e. The molecule has 2 rings (SSSR count). The molecular weight excluding hydrogens is 339 g/mol. The van der Waals surface area contributed by atoms with Crippen LogP contribution in [0.3, 0.4) is 0 Å². The van der Waals surface area contributed by atoms with E-state index in [9.17, 15) is 14.9 Å². The standard InChI is InChI=1S/C11H6BrClN2O4/c12-7-2-1-6(15(17)18)5-8(7)14-11(16)9-3-4-10(13)19-9/h1-5H,(H,14,16). The minimum absolute atomic E-state index is 0.0170. The summed E-state index contributed by atoms with van der Waals surface area (Å²) in [6.45, 7) is 0. The van der Waals surface area contributed by atoms with Crippen molar-refractivity contribution in [3.63, 3.8) is 0 Å². The molecule has 1 aromatic heterocycles. The van der Waals surface area contributed by atoms with Crippen LogP contribution in [0.1, 0.15) is 10.6 Å². The van der Waals surface area contributed by atoms with E-state index in [0.29, 0.717) is 4.47 Å². The third kappa shape index (κ3) is 3.12. The number of nitro groups is 1. The Morgan fingerprint density at radius 2 is 2.11 bits per heavy atom. The van der Waals surface area contributed by atoms with Crippen molar-refractivity contribution < 1.29 is 14.1 Å². The van der Waals surface area contributed by atoms with Crippen molar-refractivity contribution >= 4 is 44.8 Å². The molecule has 0 aliphatic heterocycles. The van der Waals surface area contributed by atoms with E-state index < -0.39 is 10.8 Å². The number of carbonyl (C=O) groups excluding carboxylic acids is 1. The van der Waals surface area contributed by atoms with Gasteiger partial charge in [0, 0.05) is 16.6 Å². The molecule has 2 aromatic rings. The topological polar surface area (TPSA) is 85.4 Å². The first-order valence-electron chi connectivity index (χ1n) is 4.98. The van der Waals surface area contributed by atoms with E-state index in [-0.39, 0.29) is 22.4 Å². The maximum atomic E-state index is 11.8. The minimum Gasteiger partial charge on any atom is -0.440 e. The molecule has 0 spiro atoms. The number of hydrogen-bond donors (Lipinski definition) is 1. The highest BCUT2D eigenvalue weighted by Gasteiger charge is 2.15. The van der Waals surface area contributed by atoms with Crippen LogP contribution in [0.4, 0.5) is 11.4 Å². The molecular formula is C11H6BrClN2O4. The maximum Gasteiger partial charge on any atom is 0.291 e. The van der Waals surface area contributed by atoms with Crippen LogP contribution in [0, 0.1) is 10.1 Å². The summed E-state index contributed by atoms with van der Waals surface area (Å²) in [7, 11) is 0.